The number of nitrogens with one attached hydrogen (secondary N) is 2. The van der Waals surface area contributed by atoms with Crippen molar-refractivity contribution in [2.45, 2.75) is 19.9 Å². The average Bonchev–Trinajstić information content (AvgIpc) is 2.73. The molecule has 1 heterocycles. The number of hydrogen-bond acceptors (Lipinski definition) is 2. The van der Waals surface area contributed by atoms with Crippen molar-refractivity contribution >= 4 is 16.6 Å². The van der Waals surface area contributed by atoms with Crippen LogP contribution in [0.15, 0.2) is 30.5 Å². The Bertz CT molecular complexity index is 450. The van der Waals surface area contributed by atoms with Crippen LogP contribution in [0.2, 0.25) is 0 Å². The molecule has 0 saturated carbocycles. The van der Waals surface area contributed by atoms with Crippen LogP contribution in [0, 0.1) is 0 Å². The summed E-state index contributed by atoms with van der Waals surface area (Å²) in [7, 11) is 0. The van der Waals surface area contributed by atoms with Gasteiger partial charge >= 0.3 is 0 Å². The Morgan fingerprint density at radius 3 is 3.06 bits per heavy atom. The first-order valence-corrected chi connectivity index (χ1v) is 5.71. The minimum absolute atomic E-state index is 0.330. The first-order valence-electron chi connectivity index (χ1n) is 5.71. The Labute approximate surface area is 95.8 Å². The minimum Gasteiger partial charge on any atom is -0.380 e. The van der Waals surface area contributed by atoms with E-state index in [4.69, 9.17) is 4.74 Å². The van der Waals surface area contributed by atoms with E-state index in [-0.39, 0.29) is 0 Å². The van der Waals surface area contributed by atoms with E-state index >= 15 is 0 Å². The summed E-state index contributed by atoms with van der Waals surface area (Å²) in [5.41, 5.74) is 2.31. The van der Waals surface area contributed by atoms with E-state index < -0.39 is 0 Å². The fourth-order valence-electron chi connectivity index (χ4n) is 1.76. The fourth-order valence-corrected chi connectivity index (χ4v) is 1.76. The monoisotopic (exact) mass is 218 g/mol. The molecule has 1 atom stereocenters. The predicted molar refractivity (Wildman–Crippen MR) is 67.9 cm³/mol. The highest BCUT2D eigenvalue weighted by Gasteiger charge is 2.02. The van der Waals surface area contributed by atoms with E-state index in [9.17, 15) is 0 Å². The van der Waals surface area contributed by atoms with Crippen molar-refractivity contribution < 1.29 is 4.74 Å². The van der Waals surface area contributed by atoms with Crippen LogP contribution >= 0.6 is 0 Å². The van der Waals surface area contributed by atoms with Gasteiger partial charge in [0.25, 0.3) is 0 Å². The maximum absolute atomic E-state index is 5.37. The lowest BCUT2D eigenvalue weighted by molar-refractivity contribution is 0.141. The standard InChI is InChI=1S/C13H18N2O/c1-3-16-9-10(2)15-12-4-5-13-11(8-12)6-7-14-13/h4-8,10,14-15H,3,9H2,1-2H3. The second kappa shape index (κ2) is 5.03. The van der Waals surface area contributed by atoms with Crippen LogP contribution in [0.5, 0.6) is 0 Å². The Balaban J connectivity index is 2.03. The highest BCUT2D eigenvalue weighted by atomic mass is 16.5. The second-order valence-corrected chi connectivity index (χ2v) is 3.98. The van der Waals surface area contributed by atoms with Crippen LogP contribution in [0.1, 0.15) is 13.8 Å². The van der Waals surface area contributed by atoms with Crippen molar-refractivity contribution in [3.8, 4) is 0 Å². The molecule has 0 aliphatic heterocycles. The van der Waals surface area contributed by atoms with E-state index in [1.165, 1.54) is 10.9 Å². The van der Waals surface area contributed by atoms with Crippen molar-refractivity contribution in [2.75, 3.05) is 18.5 Å². The molecule has 2 N–H and O–H groups in total. The number of benzene rings is 1. The SMILES string of the molecule is CCOCC(C)Nc1ccc2[nH]ccc2c1. The zero-order valence-electron chi connectivity index (χ0n) is 9.79. The molecular weight excluding hydrogens is 200 g/mol. The van der Waals surface area contributed by atoms with Gasteiger partial charge in [-0.05, 0) is 38.1 Å². The van der Waals surface area contributed by atoms with Gasteiger partial charge in [-0.2, -0.15) is 0 Å². The highest BCUT2D eigenvalue weighted by molar-refractivity contribution is 5.82. The van der Waals surface area contributed by atoms with Gasteiger partial charge in [-0.3, -0.25) is 0 Å². The normalized spacial score (nSPS) is 12.9. The number of hydrogen-bond donors (Lipinski definition) is 2. The summed E-state index contributed by atoms with van der Waals surface area (Å²) in [6.07, 6.45) is 1.96. The Kier molecular flexibility index (Phi) is 3.47. The third-order valence-corrected chi connectivity index (χ3v) is 2.54. The van der Waals surface area contributed by atoms with Gasteiger partial charge in [-0.1, -0.05) is 0 Å². The zero-order valence-corrected chi connectivity index (χ0v) is 9.79. The second-order valence-electron chi connectivity index (χ2n) is 3.98. The topological polar surface area (TPSA) is 37.0 Å². The maximum Gasteiger partial charge on any atom is 0.0664 e. The number of rotatable bonds is 5. The van der Waals surface area contributed by atoms with Crippen molar-refractivity contribution in [1.82, 2.24) is 4.98 Å². The Morgan fingerprint density at radius 2 is 2.25 bits per heavy atom. The summed E-state index contributed by atoms with van der Waals surface area (Å²) in [4.78, 5) is 3.18. The summed E-state index contributed by atoms with van der Waals surface area (Å²) in [5.74, 6) is 0. The maximum atomic E-state index is 5.37. The first-order chi connectivity index (χ1) is 7.79. The molecule has 2 aromatic rings. The van der Waals surface area contributed by atoms with Gasteiger partial charge < -0.3 is 15.0 Å². The van der Waals surface area contributed by atoms with Gasteiger partial charge in [0.15, 0.2) is 0 Å². The molecular formula is C13H18N2O. The molecule has 1 aromatic heterocycles. The number of H-pyrrole nitrogens is 1. The summed E-state index contributed by atoms with van der Waals surface area (Å²) in [6.45, 7) is 5.64. The van der Waals surface area contributed by atoms with E-state index in [0.29, 0.717) is 6.04 Å². The van der Waals surface area contributed by atoms with Crippen LogP contribution in [-0.2, 0) is 4.74 Å². The fraction of sp³-hybridized carbons (Fsp3) is 0.385. The van der Waals surface area contributed by atoms with Crippen molar-refractivity contribution in [1.29, 1.82) is 0 Å². The molecule has 0 amide bonds. The molecule has 0 aliphatic carbocycles. The van der Waals surface area contributed by atoms with E-state index in [0.717, 1.165) is 18.9 Å². The van der Waals surface area contributed by atoms with E-state index in [2.05, 4.69) is 41.5 Å². The quantitative estimate of drug-likeness (QED) is 0.809. The summed E-state index contributed by atoms with van der Waals surface area (Å²) < 4.78 is 5.37. The molecule has 0 radical (unpaired) electrons. The number of aromatic nitrogens is 1. The minimum atomic E-state index is 0.330. The molecule has 0 spiro atoms. The number of anilines is 1. The van der Waals surface area contributed by atoms with Gasteiger partial charge in [-0.15, -0.1) is 0 Å². The van der Waals surface area contributed by atoms with Crippen LogP contribution < -0.4 is 5.32 Å². The zero-order chi connectivity index (χ0) is 11.4. The van der Waals surface area contributed by atoms with Crippen molar-refractivity contribution in [3.05, 3.63) is 30.5 Å². The van der Waals surface area contributed by atoms with Gasteiger partial charge in [0.05, 0.1) is 6.61 Å². The highest BCUT2D eigenvalue weighted by Crippen LogP contribution is 2.18. The summed E-state index contributed by atoms with van der Waals surface area (Å²) in [5, 5.41) is 4.65. The molecule has 2 rings (SSSR count). The largest absolute Gasteiger partial charge is 0.380 e. The molecule has 1 aromatic carbocycles. The summed E-state index contributed by atoms with van der Waals surface area (Å²) >= 11 is 0. The van der Waals surface area contributed by atoms with Crippen LogP contribution in [0.25, 0.3) is 10.9 Å². The van der Waals surface area contributed by atoms with Crippen LogP contribution in [-0.4, -0.2) is 24.2 Å². The van der Waals surface area contributed by atoms with Crippen LogP contribution in [0.3, 0.4) is 0 Å². The van der Waals surface area contributed by atoms with Gasteiger partial charge in [0.2, 0.25) is 0 Å². The lowest BCUT2D eigenvalue weighted by Gasteiger charge is -2.14. The van der Waals surface area contributed by atoms with Gasteiger partial charge in [-0.25, -0.2) is 0 Å². The molecule has 0 aliphatic rings. The van der Waals surface area contributed by atoms with E-state index in [1.54, 1.807) is 0 Å². The van der Waals surface area contributed by atoms with Crippen LogP contribution in [0.4, 0.5) is 5.69 Å². The third-order valence-electron chi connectivity index (χ3n) is 2.54. The molecule has 3 nitrogen and oxygen atoms in total. The smallest absolute Gasteiger partial charge is 0.0664 e. The molecule has 0 fully saturated rings. The van der Waals surface area contributed by atoms with Gasteiger partial charge in [0, 0.05) is 35.4 Å². The average molecular weight is 218 g/mol. The molecule has 16 heavy (non-hydrogen) atoms. The van der Waals surface area contributed by atoms with Crippen molar-refractivity contribution in [2.24, 2.45) is 0 Å². The molecule has 0 saturated heterocycles. The van der Waals surface area contributed by atoms with Gasteiger partial charge in [0.1, 0.15) is 0 Å². The predicted octanol–water partition coefficient (Wildman–Crippen LogP) is 3.00. The number of fused-ring (bicyclic) bond motifs is 1. The number of aromatic amines is 1. The summed E-state index contributed by atoms with van der Waals surface area (Å²) in [6, 6.07) is 8.73. The lowest BCUT2D eigenvalue weighted by Crippen LogP contribution is -2.21. The Morgan fingerprint density at radius 1 is 1.38 bits per heavy atom. The molecule has 86 valence electrons. The van der Waals surface area contributed by atoms with Crippen molar-refractivity contribution in [3.63, 3.8) is 0 Å². The number of ether oxygens (including phenoxy) is 1. The molecule has 1 unspecified atom stereocenters. The lowest BCUT2D eigenvalue weighted by atomic mass is 10.2. The van der Waals surface area contributed by atoms with E-state index in [1.807, 2.05) is 13.1 Å². The molecule has 0 bridgehead atoms. The third kappa shape index (κ3) is 2.55. The first kappa shape index (κ1) is 11.0. The Hall–Kier alpha value is -1.48. The molecule has 3 heteroatoms.